The van der Waals surface area contributed by atoms with Crippen LogP contribution in [0.15, 0.2) is 19.0 Å². The fourth-order valence-electron chi connectivity index (χ4n) is 2.55. The second kappa shape index (κ2) is 4.19. The van der Waals surface area contributed by atoms with E-state index in [1.807, 2.05) is 6.20 Å². The number of aromatic nitrogens is 2. The summed E-state index contributed by atoms with van der Waals surface area (Å²) in [7, 11) is 0. The maximum Gasteiger partial charge on any atom is 0.0532 e. The molecular weight excluding hydrogens is 186 g/mol. The van der Waals surface area contributed by atoms with Gasteiger partial charge in [-0.25, -0.2) is 4.68 Å². The molecule has 1 aliphatic rings. The van der Waals surface area contributed by atoms with E-state index in [1.54, 1.807) is 10.9 Å². The van der Waals surface area contributed by atoms with Gasteiger partial charge >= 0.3 is 0 Å². The van der Waals surface area contributed by atoms with E-state index in [1.165, 1.54) is 37.7 Å². The van der Waals surface area contributed by atoms with Gasteiger partial charge in [0.05, 0.1) is 6.20 Å². The Morgan fingerprint density at radius 2 is 2.20 bits per heavy atom. The quantitative estimate of drug-likeness (QED) is 0.821. The lowest BCUT2D eigenvalue weighted by molar-refractivity contribution is 0.301. The van der Waals surface area contributed by atoms with Crippen LogP contribution in [0.25, 0.3) is 6.20 Å². The van der Waals surface area contributed by atoms with Crippen LogP contribution in [0.5, 0.6) is 0 Å². The van der Waals surface area contributed by atoms with Gasteiger partial charge in [0.1, 0.15) is 0 Å². The molecule has 82 valence electrons. The first-order chi connectivity index (χ1) is 7.30. The molecule has 1 aromatic rings. The van der Waals surface area contributed by atoms with Crippen molar-refractivity contribution in [1.82, 2.24) is 9.78 Å². The molecule has 0 saturated heterocycles. The van der Waals surface area contributed by atoms with Crippen LogP contribution in [0.2, 0.25) is 0 Å². The average molecular weight is 205 g/mol. The van der Waals surface area contributed by atoms with Crippen LogP contribution in [0, 0.1) is 0 Å². The standard InChI is InChI=1S/C12H19N3/c1-2-15-9-11(8-14-15)12(10-13)6-4-3-5-7-12/h2,8-9H,1,3-7,10,13H2. The van der Waals surface area contributed by atoms with Crippen LogP contribution in [0.3, 0.4) is 0 Å². The molecule has 0 spiro atoms. The van der Waals surface area contributed by atoms with Crippen molar-refractivity contribution in [3.8, 4) is 0 Å². The summed E-state index contributed by atoms with van der Waals surface area (Å²) in [5, 5.41) is 4.25. The van der Waals surface area contributed by atoms with E-state index in [4.69, 9.17) is 5.73 Å². The molecule has 1 aliphatic carbocycles. The van der Waals surface area contributed by atoms with Gasteiger partial charge in [-0.05, 0) is 18.4 Å². The van der Waals surface area contributed by atoms with Gasteiger partial charge in [-0.15, -0.1) is 0 Å². The van der Waals surface area contributed by atoms with Crippen LogP contribution < -0.4 is 5.73 Å². The molecule has 0 atom stereocenters. The molecule has 3 nitrogen and oxygen atoms in total. The Bertz CT molecular complexity index is 334. The van der Waals surface area contributed by atoms with Crippen LogP contribution in [0.1, 0.15) is 37.7 Å². The molecule has 3 heteroatoms. The fraction of sp³-hybridized carbons (Fsp3) is 0.583. The van der Waals surface area contributed by atoms with Gasteiger partial charge in [0, 0.05) is 24.4 Å². The van der Waals surface area contributed by atoms with E-state index in [9.17, 15) is 0 Å². The smallest absolute Gasteiger partial charge is 0.0532 e. The van der Waals surface area contributed by atoms with Gasteiger partial charge in [-0.3, -0.25) is 0 Å². The van der Waals surface area contributed by atoms with Crippen molar-refractivity contribution in [2.75, 3.05) is 6.54 Å². The molecule has 0 aromatic carbocycles. The van der Waals surface area contributed by atoms with Gasteiger partial charge in [-0.2, -0.15) is 5.10 Å². The zero-order valence-electron chi connectivity index (χ0n) is 9.15. The molecule has 0 bridgehead atoms. The van der Waals surface area contributed by atoms with Crippen molar-refractivity contribution in [2.45, 2.75) is 37.5 Å². The Morgan fingerprint density at radius 3 is 2.73 bits per heavy atom. The second-order valence-corrected chi connectivity index (χ2v) is 4.44. The molecule has 0 aliphatic heterocycles. The minimum Gasteiger partial charge on any atom is -0.330 e. The monoisotopic (exact) mass is 205 g/mol. The highest BCUT2D eigenvalue weighted by Crippen LogP contribution is 2.38. The van der Waals surface area contributed by atoms with Gasteiger partial charge in [0.15, 0.2) is 0 Å². The SMILES string of the molecule is C=Cn1cc(C2(CN)CCCCC2)cn1. The summed E-state index contributed by atoms with van der Waals surface area (Å²) in [6, 6.07) is 0. The number of rotatable bonds is 3. The van der Waals surface area contributed by atoms with Crippen molar-refractivity contribution < 1.29 is 0 Å². The third-order valence-electron chi connectivity index (χ3n) is 3.60. The molecule has 1 fully saturated rings. The fourth-order valence-corrected chi connectivity index (χ4v) is 2.55. The molecule has 2 rings (SSSR count). The lowest BCUT2D eigenvalue weighted by Crippen LogP contribution is -2.36. The molecule has 1 heterocycles. The van der Waals surface area contributed by atoms with E-state index in [0.717, 1.165) is 6.54 Å². The summed E-state index contributed by atoms with van der Waals surface area (Å²) in [5.74, 6) is 0. The average Bonchev–Trinajstić information content (AvgIpc) is 2.79. The summed E-state index contributed by atoms with van der Waals surface area (Å²) >= 11 is 0. The largest absolute Gasteiger partial charge is 0.330 e. The van der Waals surface area contributed by atoms with Gasteiger partial charge in [-0.1, -0.05) is 25.8 Å². The van der Waals surface area contributed by atoms with Crippen molar-refractivity contribution in [3.05, 3.63) is 24.5 Å². The van der Waals surface area contributed by atoms with Crippen molar-refractivity contribution in [2.24, 2.45) is 5.73 Å². The molecule has 0 radical (unpaired) electrons. The zero-order chi connectivity index (χ0) is 10.7. The van der Waals surface area contributed by atoms with E-state index in [-0.39, 0.29) is 5.41 Å². The number of nitrogens with two attached hydrogens (primary N) is 1. The lowest BCUT2D eigenvalue weighted by Gasteiger charge is -2.35. The topological polar surface area (TPSA) is 43.8 Å². The lowest BCUT2D eigenvalue weighted by atomic mass is 9.70. The number of hydrogen-bond donors (Lipinski definition) is 1. The maximum atomic E-state index is 5.96. The predicted molar refractivity (Wildman–Crippen MR) is 62.4 cm³/mol. The van der Waals surface area contributed by atoms with E-state index >= 15 is 0 Å². The molecule has 0 unspecified atom stereocenters. The molecule has 0 amide bonds. The van der Waals surface area contributed by atoms with Crippen molar-refractivity contribution in [1.29, 1.82) is 0 Å². The van der Waals surface area contributed by atoms with Crippen LogP contribution in [-0.2, 0) is 5.41 Å². The van der Waals surface area contributed by atoms with Crippen molar-refractivity contribution >= 4 is 6.20 Å². The third-order valence-corrected chi connectivity index (χ3v) is 3.60. The zero-order valence-corrected chi connectivity index (χ0v) is 9.15. The maximum absolute atomic E-state index is 5.96. The summed E-state index contributed by atoms with van der Waals surface area (Å²) in [6.45, 7) is 4.44. The summed E-state index contributed by atoms with van der Waals surface area (Å²) in [5.41, 5.74) is 7.42. The van der Waals surface area contributed by atoms with E-state index in [2.05, 4.69) is 17.9 Å². The van der Waals surface area contributed by atoms with Crippen LogP contribution in [0.4, 0.5) is 0 Å². The van der Waals surface area contributed by atoms with Gasteiger partial charge in [0.25, 0.3) is 0 Å². The summed E-state index contributed by atoms with van der Waals surface area (Å²) < 4.78 is 1.77. The normalized spacial score (nSPS) is 20.1. The van der Waals surface area contributed by atoms with Crippen LogP contribution in [-0.4, -0.2) is 16.3 Å². The first kappa shape index (κ1) is 10.4. The van der Waals surface area contributed by atoms with Crippen molar-refractivity contribution in [3.63, 3.8) is 0 Å². The second-order valence-electron chi connectivity index (χ2n) is 4.44. The minimum atomic E-state index is 0.180. The molecular formula is C12H19N3. The predicted octanol–water partition coefficient (Wildman–Crippen LogP) is 2.14. The van der Waals surface area contributed by atoms with Crippen LogP contribution >= 0.6 is 0 Å². The Balaban J connectivity index is 2.27. The number of hydrogen-bond acceptors (Lipinski definition) is 2. The highest BCUT2D eigenvalue weighted by Gasteiger charge is 2.33. The van der Waals surface area contributed by atoms with E-state index < -0.39 is 0 Å². The van der Waals surface area contributed by atoms with Gasteiger partial charge < -0.3 is 5.73 Å². The molecule has 1 aromatic heterocycles. The molecule has 2 N–H and O–H groups in total. The third kappa shape index (κ3) is 1.84. The Labute approximate surface area is 91.0 Å². The van der Waals surface area contributed by atoms with E-state index in [0.29, 0.717) is 0 Å². The Hall–Kier alpha value is -1.09. The highest BCUT2D eigenvalue weighted by molar-refractivity contribution is 5.25. The molecule has 1 saturated carbocycles. The number of nitrogens with zero attached hydrogens (tertiary/aromatic N) is 2. The molecule has 15 heavy (non-hydrogen) atoms. The Morgan fingerprint density at radius 1 is 1.47 bits per heavy atom. The first-order valence-electron chi connectivity index (χ1n) is 5.68. The van der Waals surface area contributed by atoms with Gasteiger partial charge in [0.2, 0.25) is 0 Å². The minimum absolute atomic E-state index is 0.180. The summed E-state index contributed by atoms with van der Waals surface area (Å²) in [6.07, 6.45) is 12.0. The first-order valence-corrected chi connectivity index (χ1v) is 5.68. The highest BCUT2D eigenvalue weighted by atomic mass is 15.2. The Kier molecular flexibility index (Phi) is 2.91. The summed E-state index contributed by atoms with van der Waals surface area (Å²) in [4.78, 5) is 0.